The van der Waals surface area contributed by atoms with Crippen molar-refractivity contribution >= 4 is 56.9 Å². The Morgan fingerprint density at radius 2 is 2.00 bits per heavy atom. The average Bonchev–Trinajstić information content (AvgIpc) is 2.48. The van der Waals surface area contributed by atoms with E-state index in [9.17, 15) is 14.9 Å². The quantitative estimate of drug-likeness (QED) is 0.454. The zero-order valence-corrected chi connectivity index (χ0v) is 14.4. The highest BCUT2D eigenvalue weighted by atomic mass is 79.9. The van der Waals surface area contributed by atoms with Crippen LogP contribution in [-0.4, -0.2) is 17.0 Å². The minimum Gasteiger partial charge on any atom is -0.267 e. The van der Waals surface area contributed by atoms with Crippen LogP contribution >= 0.6 is 39.1 Å². The molecule has 2 aromatic carbocycles. The Bertz CT molecular complexity index is 812. The Morgan fingerprint density at radius 3 is 2.65 bits per heavy atom. The second-order valence-electron chi connectivity index (χ2n) is 4.29. The van der Waals surface area contributed by atoms with Gasteiger partial charge in [0.1, 0.15) is 0 Å². The molecule has 0 atom stereocenters. The highest BCUT2D eigenvalue weighted by molar-refractivity contribution is 9.10. The molecule has 0 radical (unpaired) electrons. The van der Waals surface area contributed by atoms with Crippen LogP contribution in [-0.2, 0) is 0 Å². The first-order valence-electron chi connectivity index (χ1n) is 6.11. The monoisotopic (exact) mass is 415 g/mol. The molecule has 1 amide bonds. The van der Waals surface area contributed by atoms with Crippen molar-refractivity contribution in [3.63, 3.8) is 0 Å². The van der Waals surface area contributed by atoms with E-state index in [0.29, 0.717) is 15.1 Å². The van der Waals surface area contributed by atoms with Crippen LogP contribution in [0.4, 0.5) is 5.69 Å². The predicted molar refractivity (Wildman–Crippen MR) is 92.3 cm³/mol. The molecule has 0 spiro atoms. The van der Waals surface area contributed by atoms with Gasteiger partial charge in [0.2, 0.25) is 0 Å². The highest BCUT2D eigenvalue weighted by Gasteiger charge is 2.12. The molecule has 0 bridgehead atoms. The third-order valence-electron chi connectivity index (χ3n) is 2.72. The summed E-state index contributed by atoms with van der Waals surface area (Å²) in [7, 11) is 0. The van der Waals surface area contributed by atoms with Gasteiger partial charge in [-0.25, -0.2) is 5.43 Å². The lowest BCUT2D eigenvalue weighted by Gasteiger charge is -2.03. The van der Waals surface area contributed by atoms with Crippen molar-refractivity contribution in [3.05, 3.63) is 72.2 Å². The maximum Gasteiger partial charge on any atom is 0.284 e. The fourth-order valence-electron chi connectivity index (χ4n) is 1.65. The van der Waals surface area contributed by atoms with E-state index in [2.05, 4.69) is 26.5 Å². The summed E-state index contributed by atoms with van der Waals surface area (Å²) >= 11 is 14.8. The van der Waals surface area contributed by atoms with E-state index in [0.717, 1.165) is 0 Å². The number of halogens is 3. The smallest absolute Gasteiger partial charge is 0.267 e. The highest BCUT2D eigenvalue weighted by Crippen LogP contribution is 2.25. The van der Waals surface area contributed by atoms with Gasteiger partial charge in [-0.1, -0.05) is 29.3 Å². The Hall–Kier alpha value is -1.96. The molecule has 118 valence electrons. The molecule has 0 aliphatic rings. The van der Waals surface area contributed by atoms with Gasteiger partial charge in [-0.15, -0.1) is 0 Å². The van der Waals surface area contributed by atoms with Crippen LogP contribution in [0, 0.1) is 10.1 Å². The van der Waals surface area contributed by atoms with E-state index in [1.165, 1.54) is 36.5 Å². The summed E-state index contributed by atoms with van der Waals surface area (Å²) in [5.74, 6) is -0.519. The topological polar surface area (TPSA) is 84.6 Å². The first-order valence-corrected chi connectivity index (χ1v) is 7.66. The van der Waals surface area contributed by atoms with Gasteiger partial charge in [0.15, 0.2) is 0 Å². The van der Waals surface area contributed by atoms with Crippen LogP contribution in [0.15, 0.2) is 46.0 Å². The van der Waals surface area contributed by atoms with E-state index >= 15 is 0 Å². The summed E-state index contributed by atoms with van der Waals surface area (Å²) in [6.45, 7) is 0. The summed E-state index contributed by atoms with van der Waals surface area (Å²) in [6, 6.07) is 8.92. The number of rotatable bonds is 4. The minimum atomic E-state index is -0.520. The Labute approximate surface area is 149 Å². The number of nitro groups is 1. The van der Waals surface area contributed by atoms with Gasteiger partial charge in [-0.05, 0) is 40.2 Å². The fraction of sp³-hybridized carbons (Fsp3) is 0. The Balaban J connectivity index is 2.11. The summed E-state index contributed by atoms with van der Waals surface area (Å²) in [5.41, 5.74) is 2.87. The number of hydrogen-bond donors (Lipinski definition) is 1. The van der Waals surface area contributed by atoms with Crippen LogP contribution < -0.4 is 5.43 Å². The first-order chi connectivity index (χ1) is 10.9. The van der Waals surface area contributed by atoms with Crippen molar-refractivity contribution in [2.45, 2.75) is 0 Å². The normalized spacial score (nSPS) is 10.7. The molecule has 0 saturated heterocycles. The largest absolute Gasteiger partial charge is 0.284 e. The van der Waals surface area contributed by atoms with Crippen molar-refractivity contribution in [2.75, 3.05) is 0 Å². The number of hydrazone groups is 1. The summed E-state index contributed by atoms with van der Waals surface area (Å²) in [6.07, 6.45) is 1.29. The third kappa shape index (κ3) is 4.51. The number of carbonyl (C=O) groups is 1. The SMILES string of the molecule is O=C(N/N=C/c1ccc(Br)c([N+](=O)[O-])c1)c1ccc(Cl)cc1Cl. The molecule has 2 rings (SSSR count). The van der Waals surface area contributed by atoms with Gasteiger partial charge in [-0.2, -0.15) is 5.10 Å². The van der Waals surface area contributed by atoms with Crippen molar-refractivity contribution in [1.29, 1.82) is 0 Å². The Morgan fingerprint density at radius 1 is 1.26 bits per heavy atom. The lowest BCUT2D eigenvalue weighted by atomic mass is 10.2. The minimum absolute atomic E-state index is 0.0963. The Kier molecular flexibility index (Phi) is 5.70. The summed E-state index contributed by atoms with van der Waals surface area (Å²) in [5, 5.41) is 15.2. The summed E-state index contributed by atoms with van der Waals surface area (Å²) in [4.78, 5) is 22.2. The van der Waals surface area contributed by atoms with Crippen LogP contribution in [0.1, 0.15) is 15.9 Å². The van der Waals surface area contributed by atoms with Crippen molar-refractivity contribution in [2.24, 2.45) is 5.10 Å². The van der Waals surface area contributed by atoms with Gasteiger partial charge in [-0.3, -0.25) is 14.9 Å². The number of benzene rings is 2. The third-order valence-corrected chi connectivity index (χ3v) is 3.94. The molecule has 1 N–H and O–H groups in total. The van der Waals surface area contributed by atoms with Gasteiger partial charge in [0.05, 0.1) is 26.2 Å². The number of nitrogens with zero attached hydrogens (tertiary/aromatic N) is 2. The first kappa shape index (κ1) is 17.4. The van der Waals surface area contributed by atoms with E-state index in [-0.39, 0.29) is 16.3 Å². The lowest BCUT2D eigenvalue weighted by molar-refractivity contribution is -0.385. The van der Waals surface area contributed by atoms with Crippen LogP contribution in [0.3, 0.4) is 0 Å². The van der Waals surface area contributed by atoms with E-state index in [1.54, 1.807) is 6.07 Å². The molecule has 23 heavy (non-hydrogen) atoms. The van der Waals surface area contributed by atoms with Gasteiger partial charge < -0.3 is 0 Å². The van der Waals surface area contributed by atoms with Crippen molar-refractivity contribution < 1.29 is 9.72 Å². The molecular weight excluding hydrogens is 409 g/mol. The predicted octanol–water partition coefficient (Wildman–Crippen LogP) is 4.43. The van der Waals surface area contributed by atoms with Gasteiger partial charge >= 0.3 is 0 Å². The molecule has 0 unspecified atom stereocenters. The van der Waals surface area contributed by atoms with Crippen LogP contribution in [0.5, 0.6) is 0 Å². The van der Waals surface area contributed by atoms with Gasteiger partial charge in [0.25, 0.3) is 11.6 Å². The number of hydrogen-bond acceptors (Lipinski definition) is 4. The molecular formula is C14H8BrCl2N3O3. The summed E-state index contributed by atoms with van der Waals surface area (Å²) < 4.78 is 0.358. The molecule has 6 nitrogen and oxygen atoms in total. The van der Waals surface area contributed by atoms with Crippen LogP contribution in [0.2, 0.25) is 10.0 Å². The van der Waals surface area contributed by atoms with E-state index < -0.39 is 10.8 Å². The van der Waals surface area contributed by atoms with Crippen molar-refractivity contribution in [1.82, 2.24) is 5.43 Å². The molecule has 0 fully saturated rings. The lowest BCUT2D eigenvalue weighted by Crippen LogP contribution is -2.18. The van der Waals surface area contributed by atoms with Gasteiger partial charge in [0, 0.05) is 16.7 Å². The maximum absolute atomic E-state index is 11.9. The zero-order valence-electron chi connectivity index (χ0n) is 11.3. The second kappa shape index (κ2) is 7.54. The molecule has 2 aromatic rings. The molecule has 0 saturated carbocycles. The molecule has 0 aliphatic carbocycles. The zero-order chi connectivity index (χ0) is 17.0. The average molecular weight is 417 g/mol. The fourth-order valence-corrected chi connectivity index (χ4v) is 2.53. The molecule has 0 heterocycles. The number of amides is 1. The molecule has 9 heteroatoms. The number of nitrogens with one attached hydrogen (secondary N) is 1. The van der Waals surface area contributed by atoms with E-state index in [4.69, 9.17) is 23.2 Å². The number of nitro benzene ring substituents is 1. The molecule has 0 aromatic heterocycles. The molecule has 0 aliphatic heterocycles. The number of carbonyl (C=O) groups excluding carboxylic acids is 1. The van der Waals surface area contributed by atoms with E-state index in [1.807, 2.05) is 0 Å². The standard InChI is InChI=1S/C14H8BrCl2N3O3/c15-11-4-1-8(5-13(11)20(22)23)7-18-19-14(21)10-3-2-9(16)6-12(10)17/h1-7H,(H,19,21)/b18-7+. The maximum atomic E-state index is 11.9. The van der Waals surface area contributed by atoms with Crippen LogP contribution in [0.25, 0.3) is 0 Å². The second-order valence-corrected chi connectivity index (χ2v) is 5.99. The van der Waals surface area contributed by atoms with Crippen molar-refractivity contribution in [3.8, 4) is 0 Å².